The molecule has 0 amide bonds. The van der Waals surface area contributed by atoms with Gasteiger partial charge in [0.05, 0.1) is 0 Å². The van der Waals surface area contributed by atoms with E-state index in [9.17, 15) is 5.11 Å². The van der Waals surface area contributed by atoms with E-state index in [2.05, 4.69) is 33.4 Å². The third-order valence-corrected chi connectivity index (χ3v) is 5.53. The summed E-state index contributed by atoms with van der Waals surface area (Å²) in [6, 6.07) is 0. The van der Waals surface area contributed by atoms with Crippen molar-refractivity contribution in [3.05, 3.63) is 0 Å². The van der Waals surface area contributed by atoms with Gasteiger partial charge >= 0.3 is 0 Å². The highest BCUT2D eigenvalue weighted by atomic mass is 32.1. The molecule has 0 unspecified atom stereocenters. The number of fused-ring (bicyclic) bond motifs is 2. The van der Waals surface area contributed by atoms with Gasteiger partial charge < -0.3 is 5.11 Å². The predicted molar refractivity (Wildman–Crippen MR) is 53.2 cm³/mol. The van der Waals surface area contributed by atoms with Crippen molar-refractivity contribution in [1.29, 1.82) is 0 Å². The van der Waals surface area contributed by atoms with Crippen LogP contribution in [-0.2, 0) is 0 Å². The van der Waals surface area contributed by atoms with E-state index in [1.807, 2.05) is 0 Å². The first-order valence-electron chi connectivity index (χ1n) is 4.76. The summed E-state index contributed by atoms with van der Waals surface area (Å²) < 4.78 is 0. The number of aliphatic hydroxyl groups is 1. The lowest BCUT2D eigenvalue weighted by atomic mass is 9.70. The normalized spacial score (nSPS) is 56.2. The number of rotatable bonds is 0. The average molecular weight is 186 g/mol. The van der Waals surface area contributed by atoms with Crippen LogP contribution in [0.3, 0.4) is 0 Å². The monoisotopic (exact) mass is 186 g/mol. The fourth-order valence-electron chi connectivity index (χ4n) is 3.24. The Morgan fingerprint density at radius 2 is 1.92 bits per heavy atom. The second kappa shape index (κ2) is 2.03. The van der Waals surface area contributed by atoms with Crippen LogP contribution in [0.15, 0.2) is 0 Å². The van der Waals surface area contributed by atoms with Gasteiger partial charge in [-0.15, -0.1) is 12.6 Å². The minimum atomic E-state index is -0.723. The molecule has 12 heavy (non-hydrogen) atoms. The van der Waals surface area contributed by atoms with E-state index in [0.29, 0.717) is 5.92 Å². The van der Waals surface area contributed by atoms with Gasteiger partial charge in [-0.3, -0.25) is 0 Å². The highest BCUT2D eigenvalue weighted by molar-refractivity contribution is 7.81. The minimum absolute atomic E-state index is 0.0216. The van der Waals surface area contributed by atoms with E-state index in [1.165, 1.54) is 6.42 Å². The summed E-state index contributed by atoms with van der Waals surface area (Å²) >= 11 is 4.41. The summed E-state index contributed by atoms with van der Waals surface area (Å²) in [5.74, 6) is 0.671. The molecule has 2 saturated carbocycles. The van der Waals surface area contributed by atoms with Gasteiger partial charge in [-0.1, -0.05) is 20.8 Å². The molecule has 2 rings (SSSR count). The quantitative estimate of drug-likeness (QED) is 0.440. The van der Waals surface area contributed by atoms with Gasteiger partial charge in [-0.25, -0.2) is 0 Å². The molecule has 2 fully saturated rings. The Bertz CT molecular complexity index is 222. The Morgan fingerprint density at radius 3 is 2.08 bits per heavy atom. The first kappa shape index (κ1) is 8.89. The van der Waals surface area contributed by atoms with E-state index < -0.39 is 4.93 Å². The van der Waals surface area contributed by atoms with Crippen LogP contribution in [0.5, 0.6) is 0 Å². The SMILES string of the molecule is CC1(C)[C@@H]2CC[C@]1(C)[C@@](O)(S)C2. The molecule has 0 saturated heterocycles. The van der Waals surface area contributed by atoms with Crippen LogP contribution in [-0.4, -0.2) is 10.0 Å². The first-order valence-corrected chi connectivity index (χ1v) is 5.21. The Kier molecular flexibility index (Phi) is 1.51. The van der Waals surface area contributed by atoms with Crippen molar-refractivity contribution < 1.29 is 5.11 Å². The van der Waals surface area contributed by atoms with Crippen molar-refractivity contribution >= 4 is 12.6 Å². The molecule has 0 aromatic rings. The van der Waals surface area contributed by atoms with Gasteiger partial charge in [0.2, 0.25) is 0 Å². The molecule has 2 heteroatoms. The zero-order valence-corrected chi connectivity index (χ0v) is 8.99. The highest BCUT2D eigenvalue weighted by Gasteiger charge is 2.67. The predicted octanol–water partition coefficient (Wildman–Crippen LogP) is 2.45. The smallest absolute Gasteiger partial charge is 0.113 e. The number of thiol groups is 1. The molecule has 0 heterocycles. The Hall–Kier alpha value is 0.310. The van der Waals surface area contributed by atoms with E-state index in [4.69, 9.17) is 0 Å². The van der Waals surface area contributed by atoms with Crippen molar-refractivity contribution in [2.45, 2.75) is 45.0 Å². The zero-order chi connectivity index (χ0) is 9.20. The first-order chi connectivity index (χ1) is 5.31. The Labute approximate surface area is 80.0 Å². The van der Waals surface area contributed by atoms with Crippen LogP contribution in [0, 0.1) is 16.7 Å². The third-order valence-electron chi connectivity index (χ3n) is 4.85. The fourth-order valence-corrected chi connectivity index (χ4v) is 3.86. The maximum Gasteiger partial charge on any atom is 0.113 e. The van der Waals surface area contributed by atoms with E-state index >= 15 is 0 Å². The van der Waals surface area contributed by atoms with Crippen LogP contribution in [0.25, 0.3) is 0 Å². The summed E-state index contributed by atoms with van der Waals surface area (Å²) in [5, 5.41) is 10.1. The molecule has 0 spiro atoms. The van der Waals surface area contributed by atoms with Gasteiger partial charge in [-0.05, 0) is 30.6 Å². The molecule has 2 bridgehead atoms. The molecule has 2 aliphatic rings. The lowest BCUT2D eigenvalue weighted by Crippen LogP contribution is -2.42. The van der Waals surface area contributed by atoms with Gasteiger partial charge in [0, 0.05) is 5.41 Å². The Morgan fingerprint density at radius 1 is 1.33 bits per heavy atom. The van der Waals surface area contributed by atoms with E-state index in [1.54, 1.807) is 0 Å². The van der Waals surface area contributed by atoms with Crippen molar-refractivity contribution in [2.75, 3.05) is 0 Å². The van der Waals surface area contributed by atoms with Crippen LogP contribution >= 0.6 is 12.6 Å². The third kappa shape index (κ3) is 0.717. The van der Waals surface area contributed by atoms with Crippen LogP contribution in [0.2, 0.25) is 0 Å². The topological polar surface area (TPSA) is 20.2 Å². The highest BCUT2D eigenvalue weighted by Crippen LogP contribution is 2.70. The molecule has 3 atom stereocenters. The van der Waals surface area contributed by atoms with Crippen LogP contribution in [0.4, 0.5) is 0 Å². The molecule has 0 aliphatic heterocycles. The Balaban J connectivity index is 2.47. The molecule has 0 aromatic heterocycles. The van der Waals surface area contributed by atoms with Gasteiger partial charge in [-0.2, -0.15) is 0 Å². The maximum absolute atomic E-state index is 10.1. The second-order valence-electron chi connectivity index (χ2n) is 5.31. The summed E-state index contributed by atoms with van der Waals surface area (Å²) in [7, 11) is 0. The second-order valence-corrected chi connectivity index (χ2v) is 6.05. The standard InChI is InChI=1S/C10H18OS/c1-8(2)7-4-5-9(8,3)10(11,12)6-7/h7,11-12H,4-6H2,1-3H3/t7-,9+,10+/m1/s1. The van der Waals surface area contributed by atoms with Crippen molar-refractivity contribution in [3.63, 3.8) is 0 Å². The zero-order valence-electron chi connectivity index (χ0n) is 8.09. The summed E-state index contributed by atoms with van der Waals surface area (Å²) in [5.41, 5.74) is 0.289. The summed E-state index contributed by atoms with van der Waals surface area (Å²) in [6.07, 6.45) is 3.27. The van der Waals surface area contributed by atoms with Crippen LogP contribution < -0.4 is 0 Å². The largest absolute Gasteiger partial charge is 0.379 e. The molecule has 2 aliphatic carbocycles. The maximum atomic E-state index is 10.1. The fraction of sp³-hybridized carbons (Fsp3) is 1.00. The molecular weight excluding hydrogens is 168 g/mol. The van der Waals surface area contributed by atoms with Gasteiger partial charge in [0.15, 0.2) is 0 Å². The lowest BCUT2D eigenvalue weighted by molar-refractivity contribution is -0.0142. The lowest BCUT2D eigenvalue weighted by Gasteiger charge is -2.42. The van der Waals surface area contributed by atoms with E-state index in [-0.39, 0.29) is 10.8 Å². The molecule has 70 valence electrons. The molecule has 0 radical (unpaired) electrons. The van der Waals surface area contributed by atoms with Gasteiger partial charge in [0.25, 0.3) is 0 Å². The van der Waals surface area contributed by atoms with Gasteiger partial charge in [0.1, 0.15) is 4.93 Å². The molecule has 1 N–H and O–H groups in total. The van der Waals surface area contributed by atoms with E-state index in [0.717, 1.165) is 12.8 Å². The average Bonchev–Trinajstić information content (AvgIpc) is 2.18. The summed E-state index contributed by atoms with van der Waals surface area (Å²) in [4.78, 5) is -0.723. The van der Waals surface area contributed by atoms with Crippen molar-refractivity contribution in [1.82, 2.24) is 0 Å². The van der Waals surface area contributed by atoms with Crippen molar-refractivity contribution in [3.8, 4) is 0 Å². The van der Waals surface area contributed by atoms with Crippen molar-refractivity contribution in [2.24, 2.45) is 16.7 Å². The number of hydrogen-bond acceptors (Lipinski definition) is 2. The molecule has 0 aromatic carbocycles. The molecular formula is C10H18OS. The summed E-state index contributed by atoms with van der Waals surface area (Å²) in [6.45, 7) is 6.74. The van der Waals surface area contributed by atoms with Crippen LogP contribution in [0.1, 0.15) is 40.0 Å². The molecule has 1 nitrogen and oxygen atoms in total. The number of hydrogen-bond donors (Lipinski definition) is 2. The minimum Gasteiger partial charge on any atom is -0.379 e.